The van der Waals surface area contributed by atoms with E-state index in [2.05, 4.69) is 49.4 Å². The monoisotopic (exact) mass is 407 g/mol. The summed E-state index contributed by atoms with van der Waals surface area (Å²) in [5.41, 5.74) is 9.02. The van der Waals surface area contributed by atoms with Crippen LogP contribution in [0.25, 0.3) is 0 Å². The molecule has 1 saturated heterocycles. The van der Waals surface area contributed by atoms with Crippen LogP contribution in [0.5, 0.6) is 0 Å². The Bertz CT molecular complexity index is 1270. The molecule has 4 atom stereocenters. The first-order valence-corrected chi connectivity index (χ1v) is 11.2. The van der Waals surface area contributed by atoms with Crippen LogP contribution >= 0.6 is 0 Å². The van der Waals surface area contributed by atoms with Gasteiger partial charge in [0.25, 0.3) is 0 Å². The zero-order valence-electron chi connectivity index (χ0n) is 18.1. The smallest absolute Gasteiger partial charge is 0.238 e. The molecule has 3 aromatic carbocycles. The first-order chi connectivity index (χ1) is 15.0. The van der Waals surface area contributed by atoms with Gasteiger partial charge in [-0.1, -0.05) is 67.1 Å². The number of imide groups is 1. The van der Waals surface area contributed by atoms with E-state index in [0.29, 0.717) is 0 Å². The van der Waals surface area contributed by atoms with Crippen LogP contribution in [0.4, 0.5) is 5.69 Å². The quantitative estimate of drug-likeness (QED) is 0.543. The van der Waals surface area contributed by atoms with E-state index in [1.54, 1.807) is 0 Å². The molecular formula is C28H25NO2. The summed E-state index contributed by atoms with van der Waals surface area (Å²) in [5, 5.41) is 0. The molecule has 3 nitrogen and oxygen atoms in total. The van der Waals surface area contributed by atoms with Crippen LogP contribution in [0.1, 0.15) is 57.7 Å². The van der Waals surface area contributed by atoms with Crippen molar-refractivity contribution in [1.82, 2.24) is 0 Å². The number of nitrogens with zero attached hydrogens (tertiary/aromatic N) is 1. The van der Waals surface area contributed by atoms with Crippen molar-refractivity contribution >= 4 is 17.5 Å². The molecule has 3 heteroatoms. The van der Waals surface area contributed by atoms with Crippen molar-refractivity contribution in [2.24, 2.45) is 11.8 Å². The molecule has 2 amide bonds. The molecule has 0 N–H and O–H groups in total. The molecule has 0 saturated carbocycles. The Balaban J connectivity index is 1.57. The van der Waals surface area contributed by atoms with Crippen molar-refractivity contribution in [3.63, 3.8) is 0 Å². The molecule has 3 aliphatic carbocycles. The molecule has 1 aliphatic heterocycles. The van der Waals surface area contributed by atoms with Crippen LogP contribution in [0.15, 0.2) is 60.7 Å². The minimum Gasteiger partial charge on any atom is -0.274 e. The van der Waals surface area contributed by atoms with E-state index in [1.807, 2.05) is 32.0 Å². The minimum atomic E-state index is -0.326. The lowest BCUT2D eigenvalue weighted by atomic mass is 9.55. The van der Waals surface area contributed by atoms with Crippen molar-refractivity contribution in [2.45, 2.75) is 39.0 Å². The predicted molar refractivity (Wildman–Crippen MR) is 121 cm³/mol. The molecular weight excluding hydrogens is 382 g/mol. The maximum absolute atomic E-state index is 13.9. The fourth-order valence-corrected chi connectivity index (χ4v) is 6.29. The van der Waals surface area contributed by atoms with Gasteiger partial charge in [-0.15, -0.1) is 0 Å². The molecule has 1 heterocycles. The first-order valence-electron chi connectivity index (χ1n) is 11.2. The van der Waals surface area contributed by atoms with Gasteiger partial charge in [-0.05, 0) is 59.7 Å². The number of hydrogen-bond donors (Lipinski definition) is 0. The fourth-order valence-electron chi connectivity index (χ4n) is 6.29. The zero-order valence-corrected chi connectivity index (χ0v) is 18.1. The van der Waals surface area contributed by atoms with Crippen LogP contribution in [0.2, 0.25) is 0 Å². The number of aryl methyl sites for hydroxylation is 3. The standard InChI is InChI=1S/C28H25NO2/c1-4-17-10-11-20-21(14-17)24-19-8-6-5-7-18(19)23(20)25-26(24)28(31)29(27(25)30)22-12-9-15(2)13-16(22)3/h5-14,23-26H,4H2,1-3H3/t23-,24-,25-,26+/m0/s1. The lowest BCUT2D eigenvalue weighted by Crippen LogP contribution is -2.41. The normalized spacial score (nSPS) is 25.5. The summed E-state index contributed by atoms with van der Waals surface area (Å²) in [6.45, 7) is 6.17. The molecule has 4 aliphatic rings. The number of benzene rings is 3. The lowest BCUT2D eigenvalue weighted by molar-refractivity contribution is -0.122. The van der Waals surface area contributed by atoms with E-state index < -0.39 is 0 Å². The van der Waals surface area contributed by atoms with Gasteiger partial charge in [0.15, 0.2) is 0 Å². The van der Waals surface area contributed by atoms with Gasteiger partial charge in [-0.3, -0.25) is 9.59 Å². The van der Waals surface area contributed by atoms with Crippen LogP contribution in [-0.2, 0) is 16.0 Å². The van der Waals surface area contributed by atoms with E-state index >= 15 is 0 Å². The van der Waals surface area contributed by atoms with E-state index in [4.69, 9.17) is 0 Å². The summed E-state index contributed by atoms with van der Waals surface area (Å²) in [5.74, 6) is -0.851. The molecule has 0 spiro atoms. The van der Waals surface area contributed by atoms with E-state index in [0.717, 1.165) is 23.2 Å². The van der Waals surface area contributed by atoms with Gasteiger partial charge in [0.05, 0.1) is 17.5 Å². The molecule has 0 radical (unpaired) electrons. The second-order valence-corrected chi connectivity index (χ2v) is 9.25. The van der Waals surface area contributed by atoms with Gasteiger partial charge in [-0.25, -0.2) is 4.90 Å². The highest BCUT2D eigenvalue weighted by atomic mass is 16.2. The summed E-state index contributed by atoms with van der Waals surface area (Å²) < 4.78 is 0. The lowest BCUT2D eigenvalue weighted by Gasteiger charge is -2.46. The van der Waals surface area contributed by atoms with Gasteiger partial charge >= 0.3 is 0 Å². The van der Waals surface area contributed by atoms with Crippen molar-refractivity contribution < 1.29 is 9.59 Å². The average molecular weight is 408 g/mol. The third-order valence-corrected chi connectivity index (χ3v) is 7.61. The Labute approximate surface area is 182 Å². The number of anilines is 1. The topological polar surface area (TPSA) is 37.4 Å². The number of hydrogen-bond acceptors (Lipinski definition) is 2. The van der Waals surface area contributed by atoms with Crippen LogP contribution < -0.4 is 4.90 Å². The maximum atomic E-state index is 13.9. The Hall–Kier alpha value is -3.20. The molecule has 1 fully saturated rings. The molecule has 0 aromatic heterocycles. The van der Waals surface area contributed by atoms with Crippen LogP contribution in [0, 0.1) is 25.7 Å². The molecule has 3 aromatic rings. The van der Waals surface area contributed by atoms with Crippen molar-refractivity contribution in [3.8, 4) is 0 Å². The fraction of sp³-hybridized carbons (Fsp3) is 0.286. The Morgan fingerprint density at radius 2 is 1.35 bits per heavy atom. The van der Waals surface area contributed by atoms with Crippen molar-refractivity contribution in [2.75, 3.05) is 4.90 Å². The third kappa shape index (κ3) is 2.35. The molecule has 31 heavy (non-hydrogen) atoms. The van der Waals surface area contributed by atoms with Crippen molar-refractivity contribution in [3.05, 3.63) is 99.6 Å². The number of carbonyl (C=O) groups is 2. The highest BCUT2D eigenvalue weighted by Gasteiger charge is 2.61. The highest BCUT2D eigenvalue weighted by molar-refractivity contribution is 6.23. The molecule has 154 valence electrons. The largest absolute Gasteiger partial charge is 0.274 e. The summed E-state index contributed by atoms with van der Waals surface area (Å²) in [6.07, 6.45) is 0.960. The van der Waals surface area contributed by atoms with E-state index in [-0.39, 0.29) is 35.5 Å². The number of amides is 2. The highest BCUT2D eigenvalue weighted by Crippen LogP contribution is 2.61. The third-order valence-electron chi connectivity index (χ3n) is 7.61. The minimum absolute atomic E-state index is 0.0426. The Morgan fingerprint density at radius 3 is 1.97 bits per heavy atom. The summed E-state index contributed by atoms with van der Waals surface area (Å²) in [4.78, 5) is 29.2. The average Bonchev–Trinajstić information content (AvgIpc) is 3.04. The van der Waals surface area contributed by atoms with Gasteiger partial charge in [0.2, 0.25) is 11.8 Å². The molecule has 2 bridgehead atoms. The summed E-state index contributed by atoms with van der Waals surface area (Å²) in [6, 6.07) is 21.0. The number of carbonyl (C=O) groups excluding carboxylic acids is 2. The van der Waals surface area contributed by atoms with Crippen molar-refractivity contribution in [1.29, 1.82) is 0 Å². The van der Waals surface area contributed by atoms with Crippen LogP contribution in [-0.4, -0.2) is 11.8 Å². The van der Waals surface area contributed by atoms with Gasteiger partial charge in [-0.2, -0.15) is 0 Å². The molecule has 0 unspecified atom stereocenters. The summed E-state index contributed by atoms with van der Waals surface area (Å²) >= 11 is 0. The zero-order chi connectivity index (χ0) is 21.4. The van der Waals surface area contributed by atoms with Crippen LogP contribution in [0.3, 0.4) is 0 Å². The van der Waals surface area contributed by atoms with Gasteiger partial charge in [0, 0.05) is 11.8 Å². The predicted octanol–water partition coefficient (Wildman–Crippen LogP) is 5.26. The van der Waals surface area contributed by atoms with E-state index in [9.17, 15) is 9.59 Å². The second kappa shape index (κ2) is 6.40. The van der Waals surface area contributed by atoms with E-state index in [1.165, 1.54) is 32.7 Å². The van der Waals surface area contributed by atoms with Gasteiger partial charge in [0.1, 0.15) is 0 Å². The first kappa shape index (κ1) is 18.6. The van der Waals surface area contributed by atoms with Gasteiger partial charge < -0.3 is 0 Å². The second-order valence-electron chi connectivity index (χ2n) is 9.25. The Kier molecular flexibility index (Phi) is 3.83. The maximum Gasteiger partial charge on any atom is 0.238 e. The molecule has 7 rings (SSSR count). The number of rotatable bonds is 2. The SMILES string of the molecule is CCc1ccc2c(c1)[C@@H]1c3ccccc3[C@@H]2[C@@H]2C(=O)N(c3ccc(C)cc3C)C(=O)[C@H]12. The summed E-state index contributed by atoms with van der Waals surface area (Å²) in [7, 11) is 0. The Morgan fingerprint density at radius 1 is 0.742 bits per heavy atom.